The lowest BCUT2D eigenvalue weighted by Gasteiger charge is -2.22. The third kappa shape index (κ3) is 3.44. The average Bonchev–Trinajstić information content (AvgIpc) is 3.17. The predicted octanol–water partition coefficient (Wildman–Crippen LogP) is 3.79. The van der Waals surface area contributed by atoms with Crippen molar-refractivity contribution in [3.05, 3.63) is 52.1 Å². The van der Waals surface area contributed by atoms with Crippen LogP contribution in [0.4, 0.5) is 5.13 Å². The second-order valence-corrected chi connectivity index (χ2v) is 9.90. The van der Waals surface area contributed by atoms with E-state index in [-0.39, 0.29) is 17.4 Å². The lowest BCUT2D eigenvalue weighted by atomic mass is 10.0. The van der Waals surface area contributed by atoms with Gasteiger partial charge < -0.3 is 4.90 Å². The third-order valence-electron chi connectivity index (χ3n) is 6.09. The van der Waals surface area contributed by atoms with Crippen molar-refractivity contribution in [2.75, 3.05) is 11.4 Å². The van der Waals surface area contributed by atoms with Crippen LogP contribution in [0.15, 0.2) is 35.1 Å². The van der Waals surface area contributed by atoms with E-state index in [1.807, 2.05) is 18.2 Å². The van der Waals surface area contributed by atoms with Crippen molar-refractivity contribution in [3.63, 3.8) is 0 Å². The lowest BCUT2D eigenvalue weighted by Crippen LogP contribution is -2.36. The van der Waals surface area contributed by atoms with E-state index in [0.717, 1.165) is 38.6 Å². The topological polar surface area (TPSA) is 68.1 Å². The number of aryl methyl sites for hydroxylation is 1. The number of nitrogens with zero attached hydrogens (tertiary/aromatic N) is 4. The number of carbonyl (C=O) groups is 1. The lowest BCUT2D eigenvalue weighted by molar-refractivity contribution is -0.120. The summed E-state index contributed by atoms with van der Waals surface area (Å²) in [6.07, 6.45) is 4.68. The summed E-state index contributed by atoms with van der Waals surface area (Å²) >= 11 is 7.93. The molecule has 0 N–H and O–H groups in total. The molecule has 30 heavy (non-hydrogen) atoms. The highest BCUT2D eigenvalue weighted by atomic mass is 35.5. The molecule has 5 rings (SSSR count). The molecule has 3 aromatic rings. The predicted molar refractivity (Wildman–Crippen MR) is 120 cm³/mol. The Labute approximate surface area is 183 Å². The van der Waals surface area contributed by atoms with Crippen LogP contribution in [-0.4, -0.2) is 32.9 Å². The molecule has 1 saturated heterocycles. The SMILES string of the molecule is Cn1c(C2(Cl)CC2)nc2sc(N3CCC[C@@H]3C(=O)CCc3ccccc3)nc2c1=O. The van der Waals surface area contributed by atoms with Crippen LogP contribution in [0.2, 0.25) is 0 Å². The second kappa shape index (κ2) is 7.46. The number of fused-ring (bicyclic) bond motifs is 1. The molecule has 8 heteroatoms. The van der Waals surface area contributed by atoms with Gasteiger partial charge in [0.15, 0.2) is 21.3 Å². The molecule has 2 aliphatic rings. The average molecular weight is 443 g/mol. The van der Waals surface area contributed by atoms with Crippen LogP contribution in [0.5, 0.6) is 0 Å². The number of thiazole rings is 1. The van der Waals surface area contributed by atoms with E-state index in [2.05, 4.69) is 27.0 Å². The van der Waals surface area contributed by atoms with Crippen molar-refractivity contribution in [1.29, 1.82) is 0 Å². The van der Waals surface area contributed by atoms with Gasteiger partial charge in [-0.25, -0.2) is 9.97 Å². The highest BCUT2D eigenvalue weighted by molar-refractivity contribution is 7.21. The smallest absolute Gasteiger partial charge is 0.280 e. The van der Waals surface area contributed by atoms with Gasteiger partial charge in [-0.15, -0.1) is 11.6 Å². The highest BCUT2D eigenvalue weighted by Gasteiger charge is 2.46. The summed E-state index contributed by atoms with van der Waals surface area (Å²) in [5.41, 5.74) is 1.37. The molecule has 6 nitrogen and oxygen atoms in total. The summed E-state index contributed by atoms with van der Waals surface area (Å²) in [6, 6.07) is 9.90. The van der Waals surface area contributed by atoms with Gasteiger partial charge in [-0.3, -0.25) is 14.2 Å². The van der Waals surface area contributed by atoms with Crippen molar-refractivity contribution in [2.24, 2.45) is 7.05 Å². The molecule has 0 amide bonds. The van der Waals surface area contributed by atoms with Gasteiger partial charge in [0.1, 0.15) is 10.7 Å². The number of halogens is 1. The van der Waals surface area contributed by atoms with Gasteiger partial charge in [-0.2, -0.15) is 0 Å². The van der Waals surface area contributed by atoms with Crippen molar-refractivity contribution < 1.29 is 4.79 Å². The Morgan fingerprint density at radius 2 is 2.03 bits per heavy atom. The number of benzene rings is 1. The van der Waals surface area contributed by atoms with Gasteiger partial charge in [0, 0.05) is 20.0 Å². The maximum Gasteiger partial charge on any atom is 0.280 e. The van der Waals surface area contributed by atoms with Crippen molar-refractivity contribution in [3.8, 4) is 0 Å². The van der Waals surface area contributed by atoms with Crippen LogP contribution >= 0.6 is 22.9 Å². The van der Waals surface area contributed by atoms with Gasteiger partial charge >= 0.3 is 0 Å². The fourth-order valence-corrected chi connectivity index (χ4v) is 5.48. The van der Waals surface area contributed by atoms with E-state index in [4.69, 9.17) is 11.6 Å². The molecular formula is C22H23ClN4O2S. The Morgan fingerprint density at radius 3 is 2.77 bits per heavy atom. The molecule has 1 aromatic carbocycles. The van der Waals surface area contributed by atoms with Crippen molar-refractivity contribution >= 4 is 44.2 Å². The number of rotatable bonds is 6. The number of hydrogen-bond donors (Lipinski definition) is 0. The molecular weight excluding hydrogens is 420 g/mol. The molecule has 0 unspecified atom stereocenters. The summed E-state index contributed by atoms with van der Waals surface area (Å²) in [5, 5.41) is 0.710. The van der Waals surface area contributed by atoms with Gasteiger partial charge in [-0.05, 0) is 37.7 Å². The zero-order valence-corrected chi connectivity index (χ0v) is 18.4. The molecule has 1 saturated carbocycles. The fraction of sp³-hybridized carbons (Fsp3) is 0.455. The summed E-state index contributed by atoms with van der Waals surface area (Å²) < 4.78 is 1.53. The molecule has 1 aliphatic heterocycles. The molecule has 156 valence electrons. The number of aromatic nitrogens is 3. The third-order valence-corrected chi connectivity index (χ3v) is 7.63. The summed E-state index contributed by atoms with van der Waals surface area (Å²) in [6.45, 7) is 0.772. The standard InChI is InChI=1S/C22H23ClN4O2S/c1-26-19(29)17-18(25-20(26)22(23)11-12-22)30-21(24-17)27-13-5-8-15(27)16(28)10-9-14-6-3-2-4-7-14/h2-4,6-7,15H,5,8-13H2,1H3/t15-/m1/s1. The first kappa shape index (κ1) is 19.7. The first-order valence-electron chi connectivity index (χ1n) is 10.4. The molecule has 2 fully saturated rings. The zero-order valence-electron chi connectivity index (χ0n) is 16.8. The van der Waals surface area contributed by atoms with Gasteiger partial charge in [0.2, 0.25) is 0 Å². The van der Waals surface area contributed by atoms with E-state index in [0.29, 0.717) is 27.7 Å². The molecule has 0 radical (unpaired) electrons. The maximum absolute atomic E-state index is 13.0. The van der Waals surface area contributed by atoms with Gasteiger partial charge in [-0.1, -0.05) is 41.7 Å². The van der Waals surface area contributed by atoms with E-state index < -0.39 is 4.87 Å². The van der Waals surface area contributed by atoms with Crippen LogP contribution in [-0.2, 0) is 23.1 Å². The van der Waals surface area contributed by atoms with Crippen LogP contribution in [0.1, 0.15) is 43.5 Å². The number of Topliss-reactive ketones (excluding diaryl/α,β-unsaturated/α-hetero) is 1. The minimum absolute atomic E-state index is 0.171. The van der Waals surface area contributed by atoms with Crippen LogP contribution in [0.3, 0.4) is 0 Å². The van der Waals surface area contributed by atoms with Crippen molar-refractivity contribution in [1.82, 2.24) is 14.5 Å². The summed E-state index contributed by atoms with van der Waals surface area (Å²) in [7, 11) is 1.71. The monoisotopic (exact) mass is 442 g/mol. The van der Waals surface area contributed by atoms with E-state index in [9.17, 15) is 9.59 Å². The Balaban J connectivity index is 1.40. The summed E-state index contributed by atoms with van der Waals surface area (Å²) in [5.74, 6) is 0.851. The molecule has 0 spiro atoms. The normalized spacial score (nSPS) is 20.1. The van der Waals surface area contributed by atoms with Crippen LogP contribution in [0, 0.1) is 0 Å². The minimum atomic E-state index is -0.518. The number of carbonyl (C=O) groups excluding carboxylic acids is 1. The Hall–Kier alpha value is -2.25. The molecule has 0 bridgehead atoms. The Morgan fingerprint density at radius 1 is 1.27 bits per heavy atom. The van der Waals surface area contributed by atoms with Crippen LogP contribution < -0.4 is 10.5 Å². The number of alkyl halides is 1. The van der Waals surface area contributed by atoms with E-state index in [1.54, 1.807) is 7.05 Å². The minimum Gasteiger partial charge on any atom is -0.338 e. The first-order chi connectivity index (χ1) is 14.5. The number of hydrogen-bond acceptors (Lipinski definition) is 6. The molecule has 2 aromatic heterocycles. The highest BCUT2D eigenvalue weighted by Crippen LogP contribution is 2.51. The van der Waals surface area contributed by atoms with E-state index >= 15 is 0 Å². The quantitative estimate of drug-likeness (QED) is 0.543. The first-order valence-corrected chi connectivity index (χ1v) is 11.6. The zero-order chi connectivity index (χ0) is 20.9. The Bertz CT molecular complexity index is 1170. The van der Waals surface area contributed by atoms with Crippen LogP contribution in [0.25, 0.3) is 10.3 Å². The Kier molecular flexibility index (Phi) is 4.90. The van der Waals surface area contributed by atoms with E-state index in [1.165, 1.54) is 21.5 Å². The van der Waals surface area contributed by atoms with Gasteiger partial charge in [0.25, 0.3) is 5.56 Å². The molecule has 1 atom stereocenters. The van der Waals surface area contributed by atoms with Crippen molar-refractivity contribution in [2.45, 2.75) is 49.4 Å². The number of anilines is 1. The number of ketones is 1. The molecule has 3 heterocycles. The summed E-state index contributed by atoms with van der Waals surface area (Å²) in [4.78, 5) is 37.3. The molecule has 1 aliphatic carbocycles. The van der Waals surface area contributed by atoms with Gasteiger partial charge in [0.05, 0.1) is 6.04 Å². The second-order valence-electron chi connectivity index (χ2n) is 8.22. The maximum atomic E-state index is 13.0. The largest absolute Gasteiger partial charge is 0.338 e. The fourth-order valence-electron chi connectivity index (χ4n) is 4.21.